The van der Waals surface area contributed by atoms with E-state index >= 15 is 0 Å². The zero-order valence-electron chi connectivity index (χ0n) is 24.8. The molecule has 0 aromatic heterocycles. The topological polar surface area (TPSA) is 141 Å². The first kappa shape index (κ1) is 29.7. The monoisotopic (exact) mass is 615 g/mol. The van der Waals surface area contributed by atoms with Crippen LogP contribution >= 0.6 is 0 Å². The van der Waals surface area contributed by atoms with Crippen LogP contribution in [0, 0.1) is 20.8 Å². The minimum atomic E-state index is -4.54. The van der Waals surface area contributed by atoms with E-state index in [-0.39, 0.29) is 11.4 Å². The number of para-hydroxylation sites is 2. The maximum absolute atomic E-state index is 12.5. The van der Waals surface area contributed by atoms with Gasteiger partial charge in [0.2, 0.25) is 0 Å². The maximum atomic E-state index is 12.5. The molecule has 10 heteroatoms. The van der Waals surface area contributed by atoms with Gasteiger partial charge in [-0.15, -0.1) is 0 Å². The summed E-state index contributed by atoms with van der Waals surface area (Å²) in [6, 6.07) is 29.3. The largest absolute Gasteiger partial charge is 0.456 e. The summed E-state index contributed by atoms with van der Waals surface area (Å²) >= 11 is 0. The zero-order chi connectivity index (χ0) is 31.7. The molecule has 0 saturated heterocycles. The Hall–Kier alpha value is -5.41. The van der Waals surface area contributed by atoms with E-state index in [1.807, 2.05) is 93.6 Å². The third-order valence-electron chi connectivity index (χ3n) is 7.75. The highest BCUT2D eigenvalue weighted by molar-refractivity contribution is 7.86. The molecule has 4 aromatic rings. The van der Waals surface area contributed by atoms with Crippen LogP contribution in [0.1, 0.15) is 22.3 Å². The van der Waals surface area contributed by atoms with Crippen molar-refractivity contribution in [2.45, 2.75) is 32.2 Å². The minimum Gasteiger partial charge on any atom is -0.456 e. The molecule has 0 bridgehead atoms. The lowest BCUT2D eigenvalue weighted by molar-refractivity contribution is 0.483. The molecule has 45 heavy (non-hydrogen) atoms. The molecule has 0 unspecified atom stereocenters. The first-order valence-electron chi connectivity index (χ1n) is 14.2. The Bertz CT molecular complexity index is 2280. The molecule has 0 atom stereocenters. The summed E-state index contributed by atoms with van der Waals surface area (Å²) < 4.78 is 41.6. The number of benzene rings is 5. The summed E-state index contributed by atoms with van der Waals surface area (Å²) in [5.41, 5.74) is 17.3. The number of hydrogen-bond acceptors (Lipinski definition) is 6. The van der Waals surface area contributed by atoms with Crippen molar-refractivity contribution in [1.29, 1.82) is 0 Å². The van der Waals surface area contributed by atoms with Crippen molar-refractivity contribution in [3.63, 3.8) is 0 Å². The van der Waals surface area contributed by atoms with E-state index in [4.69, 9.17) is 14.9 Å². The van der Waals surface area contributed by atoms with Crippen molar-refractivity contribution in [3.8, 4) is 22.5 Å². The van der Waals surface area contributed by atoms with Gasteiger partial charge < -0.3 is 9.73 Å². The average molecular weight is 616 g/mol. The molecule has 9 nitrogen and oxygen atoms in total. The summed E-state index contributed by atoms with van der Waals surface area (Å²) in [5, 5.41) is 8.51. The van der Waals surface area contributed by atoms with Gasteiger partial charge in [0, 0.05) is 50.5 Å². The van der Waals surface area contributed by atoms with Crippen LogP contribution in [0.15, 0.2) is 116 Å². The Morgan fingerprint density at radius 2 is 1.58 bits per heavy atom. The molecular formula is C35H29N5O4S. The fraction of sp³-hybridized carbons (Fsp3) is 0.114. The van der Waals surface area contributed by atoms with E-state index in [1.165, 1.54) is 6.07 Å². The fourth-order valence-corrected chi connectivity index (χ4v) is 6.32. The molecule has 1 aliphatic carbocycles. The van der Waals surface area contributed by atoms with Crippen molar-refractivity contribution in [1.82, 2.24) is 0 Å². The highest BCUT2D eigenvalue weighted by Crippen LogP contribution is 2.43. The van der Waals surface area contributed by atoms with Gasteiger partial charge in [-0.05, 0) is 78.9 Å². The number of nitrogens with one attached hydrogen (secondary N) is 1. The maximum Gasteiger partial charge on any atom is 0.295 e. The summed E-state index contributed by atoms with van der Waals surface area (Å²) in [6.07, 6.45) is 0. The third-order valence-corrected chi connectivity index (χ3v) is 8.66. The zero-order valence-corrected chi connectivity index (χ0v) is 25.6. The summed E-state index contributed by atoms with van der Waals surface area (Å²) in [6.45, 7) is 6.17. The normalized spacial score (nSPS) is 12.0. The van der Waals surface area contributed by atoms with E-state index in [0.29, 0.717) is 44.5 Å². The SMILES string of the molecule is Cc1cccc(C)c1N=c1ccc2c(-c3ccccc3S(=O)(=O)O)c3ccc(Nc4c(C)cccc4CN=[N+]=[N-])cc3oc-2c1. The Morgan fingerprint density at radius 3 is 2.33 bits per heavy atom. The van der Waals surface area contributed by atoms with Crippen LogP contribution < -0.4 is 10.7 Å². The first-order chi connectivity index (χ1) is 21.6. The lowest BCUT2D eigenvalue weighted by Gasteiger charge is -2.18. The molecule has 0 saturated carbocycles. The smallest absolute Gasteiger partial charge is 0.295 e. The average Bonchev–Trinajstić information content (AvgIpc) is 3.01. The molecule has 0 fully saturated rings. The Morgan fingerprint density at radius 1 is 0.844 bits per heavy atom. The third kappa shape index (κ3) is 5.90. The number of rotatable bonds is 7. The van der Waals surface area contributed by atoms with Gasteiger partial charge in [0.25, 0.3) is 10.1 Å². The van der Waals surface area contributed by atoms with Crippen LogP contribution in [0.3, 0.4) is 0 Å². The molecule has 2 aliphatic rings. The molecule has 4 aromatic carbocycles. The second-order valence-electron chi connectivity index (χ2n) is 10.8. The molecule has 1 heterocycles. The van der Waals surface area contributed by atoms with E-state index in [9.17, 15) is 13.0 Å². The predicted molar refractivity (Wildman–Crippen MR) is 177 cm³/mol. The second-order valence-corrected chi connectivity index (χ2v) is 12.2. The van der Waals surface area contributed by atoms with Crippen molar-refractivity contribution in [2.75, 3.05) is 5.32 Å². The summed E-state index contributed by atoms with van der Waals surface area (Å²) in [4.78, 5) is 7.60. The van der Waals surface area contributed by atoms with Gasteiger partial charge >= 0.3 is 0 Å². The highest BCUT2D eigenvalue weighted by atomic mass is 32.2. The van der Waals surface area contributed by atoms with Gasteiger partial charge in [0.05, 0.1) is 17.6 Å². The van der Waals surface area contributed by atoms with Gasteiger partial charge in [0.1, 0.15) is 16.2 Å². The highest BCUT2D eigenvalue weighted by Gasteiger charge is 2.23. The van der Waals surface area contributed by atoms with E-state index in [1.54, 1.807) is 18.2 Å². The van der Waals surface area contributed by atoms with E-state index in [0.717, 1.165) is 33.6 Å². The van der Waals surface area contributed by atoms with Crippen LogP contribution in [0.5, 0.6) is 0 Å². The summed E-state index contributed by atoms with van der Waals surface area (Å²) in [5.74, 6) is 0.493. The van der Waals surface area contributed by atoms with Crippen molar-refractivity contribution < 1.29 is 17.4 Å². The van der Waals surface area contributed by atoms with Gasteiger partial charge in [-0.1, -0.05) is 59.7 Å². The number of nitrogens with zero attached hydrogens (tertiary/aromatic N) is 4. The first-order valence-corrected chi connectivity index (χ1v) is 15.6. The molecular weight excluding hydrogens is 586 g/mol. The lowest BCUT2D eigenvalue weighted by Crippen LogP contribution is -2.05. The standard InChI is InChI=1S/C35H29N5O4S/c1-21-8-6-9-22(2)34(21)38-25-14-16-27-30(18-25)44-31-19-26(39-35-23(3)10-7-11-24(35)20-37-40-36)15-17-28(31)33(27)29-12-4-5-13-32(29)45(41,42)43/h4-19,39H,20H2,1-3H3,(H,41,42,43). The summed E-state index contributed by atoms with van der Waals surface area (Å²) in [7, 11) is -4.54. The second kappa shape index (κ2) is 11.9. The quantitative estimate of drug-likeness (QED) is 0.0605. The molecule has 0 amide bonds. The van der Waals surface area contributed by atoms with E-state index in [2.05, 4.69) is 15.3 Å². The van der Waals surface area contributed by atoms with Crippen LogP contribution in [-0.2, 0) is 16.7 Å². The predicted octanol–water partition coefficient (Wildman–Crippen LogP) is 9.16. The van der Waals surface area contributed by atoms with Gasteiger partial charge in [-0.3, -0.25) is 4.55 Å². The Balaban J connectivity index is 1.61. The molecule has 224 valence electrons. The minimum absolute atomic E-state index is 0.187. The van der Waals surface area contributed by atoms with Crippen molar-refractivity contribution in [2.24, 2.45) is 10.1 Å². The number of azide groups is 1. The molecule has 1 aliphatic heterocycles. The Labute approximate surface area is 260 Å². The van der Waals surface area contributed by atoms with Crippen LogP contribution in [-0.4, -0.2) is 13.0 Å². The van der Waals surface area contributed by atoms with Crippen molar-refractivity contribution >= 4 is 38.1 Å². The number of anilines is 2. The number of fused-ring (bicyclic) bond motifs is 2. The molecule has 2 N–H and O–H groups in total. The van der Waals surface area contributed by atoms with Crippen LogP contribution in [0.25, 0.3) is 43.9 Å². The van der Waals surface area contributed by atoms with Gasteiger partial charge in [-0.2, -0.15) is 8.42 Å². The molecule has 0 radical (unpaired) electrons. The molecule has 0 spiro atoms. The number of aryl methyl sites for hydroxylation is 3. The van der Waals surface area contributed by atoms with Gasteiger partial charge in [-0.25, -0.2) is 4.99 Å². The van der Waals surface area contributed by atoms with Crippen LogP contribution in [0.2, 0.25) is 0 Å². The lowest BCUT2D eigenvalue weighted by atomic mass is 9.93. The van der Waals surface area contributed by atoms with E-state index < -0.39 is 10.1 Å². The van der Waals surface area contributed by atoms with Gasteiger partial charge in [0.15, 0.2) is 0 Å². The molecule has 6 rings (SSSR count). The Kier molecular flexibility index (Phi) is 7.87. The van der Waals surface area contributed by atoms with Crippen molar-refractivity contribution in [3.05, 3.63) is 135 Å². The van der Waals surface area contributed by atoms with Crippen LogP contribution in [0.4, 0.5) is 17.1 Å². The number of hydrogen-bond donors (Lipinski definition) is 2. The fourth-order valence-electron chi connectivity index (χ4n) is 5.62.